The van der Waals surface area contributed by atoms with Gasteiger partial charge in [0.15, 0.2) is 0 Å². The van der Waals surface area contributed by atoms with E-state index in [2.05, 4.69) is 0 Å². The van der Waals surface area contributed by atoms with Crippen LogP contribution in [-0.4, -0.2) is 37.4 Å². The molecular formula is C9H9F3N2O4S. The molecule has 1 aromatic carbocycles. The van der Waals surface area contributed by atoms with Crippen molar-refractivity contribution in [3.05, 3.63) is 34.4 Å². The fourth-order valence-electron chi connectivity index (χ4n) is 1.26. The molecule has 0 radical (unpaired) electrons. The van der Waals surface area contributed by atoms with E-state index < -0.39 is 32.6 Å². The van der Waals surface area contributed by atoms with E-state index in [0.29, 0.717) is 0 Å². The van der Waals surface area contributed by atoms with Crippen molar-refractivity contribution in [1.82, 2.24) is 4.31 Å². The molecule has 0 spiro atoms. The molecule has 0 aromatic heterocycles. The maximum Gasteiger partial charge on any atom is 0.402 e. The van der Waals surface area contributed by atoms with Gasteiger partial charge in [-0.25, -0.2) is 8.42 Å². The molecule has 1 aromatic rings. The maximum absolute atomic E-state index is 12.1. The van der Waals surface area contributed by atoms with E-state index in [9.17, 15) is 31.7 Å². The molecule has 0 saturated carbocycles. The summed E-state index contributed by atoms with van der Waals surface area (Å²) in [5.74, 6) is 0. The van der Waals surface area contributed by atoms with E-state index in [1.165, 1.54) is 0 Å². The van der Waals surface area contributed by atoms with Gasteiger partial charge in [-0.05, 0) is 12.1 Å². The summed E-state index contributed by atoms with van der Waals surface area (Å²) in [4.78, 5) is 9.20. The second-order valence-electron chi connectivity index (χ2n) is 3.63. The molecule has 0 amide bonds. The Labute approximate surface area is 106 Å². The summed E-state index contributed by atoms with van der Waals surface area (Å²) in [6.45, 7) is -1.63. The smallest absolute Gasteiger partial charge is 0.258 e. The third-order valence-corrected chi connectivity index (χ3v) is 3.98. The highest BCUT2D eigenvalue weighted by atomic mass is 32.2. The highest BCUT2D eigenvalue weighted by Crippen LogP contribution is 2.22. The molecule has 0 aliphatic heterocycles. The van der Waals surface area contributed by atoms with Crippen molar-refractivity contribution < 1.29 is 26.5 Å². The fraction of sp³-hybridized carbons (Fsp3) is 0.333. The molecule has 6 nitrogen and oxygen atoms in total. The normalized spacial score (nSPS) is 12.7. The third-order valence-electron chi connectivity index (χ3n) is 2.16. The van der Waals surface area contributed by atoms with Crippen molar-refractivity contribution in [2.75, 3.05) is 13.6 Å². The van der Waals surface area contributed by atoms with Gasteiger partial charge in [-0.2, -0.15) is 17.5 Å². The van der Waals surface area contributed by atoms with Gasteiger partial charge in [0, 0.05) is 19.2 Å². The molecular weight excluding hydrogens is 289 g/mol. The Balaban J connectivity index is 3.03. The van der Waals surface area contributed by atoms with E-state index in [1.807, 2.05) is 0 Å². The molecule has 0 unspecified atom stereocenters. The summed E-state index contributed by atoms with van der Waals surface area (Å²) >= 11 is 0. The largest absolute Gasteiger partial charge is 0.402 e. The lowest BCUT2D eigenvalue weighted by atomic mass is 10.3. The highest BCUT2D eigenvalue weighted by molar-refractivity contribution is 7.89. The van der Waals surface area contributed by atoms with Gasteiger partial charge in [0.05, 0.1) is 9.82 Å². The van der Waals surface area contributed by atoms with Crippen LogP contribution >= 0.6 is 0 Å². The molecule has 10 heteroatoms. The first-order chi connectivity index (χ1) is 8.54. The molecule has 19 heavy (non-hydrogen) atoms. The average molecular weight is 298 g/mol. The Morgan fingerprint density at radius 3 is 2.11 bits per heavy atom. The quantitative estimate of drug-likeness (QED) is 0.627. The van der Waals surface area contributed by atoms with Crippen LogP contribution in [-0.2, 0) is 10.0 Å². The van der Waals surface area contributed by atoms with Gasteiger partial charge in [-0.1, -0.05) is 0 Å². The Bertz CT molecular complexity index is 568. The monoisotopic (exact) mass is 298 g/mol. The number of nitro benzene ring substituents is 1. The average Bonchev–Trinajstić information content (AvgIpc) is 2.26. The van der Waals surface area contributed by atoms with Crippen LogP contribution in [0.5, 0.6) is 0 Å². The van der Waals surface area contributed by atoms with Gasteiger partial charge < -0.3 is 0 Å². The number of hydrogen-bond acceptors (Lipinski definition) is 4. The Hall–Kier alpha value is -1.68. The van der Waals surface area contributed by atoms with Crippen LogP contribution < -0.4 is 0 Å². The first-order valence-corrected chi connectivity index (χ1v) is 6.25. The number of hydrogen-bond donors (Lipinski definition) is 0. The number of nitrogens with zero attached hydrogens (tertiary/aromatic N) is 2. The fourth-order valence-corrected chi connectivity index (χ4v) is 2.41. The number of nitro groups is 1. The molecule has 0 bridgehead atoms. The third kappa shape index (κ3) is 3.89. The topological polar surface area (TPSA) is 80.5 Å². The lowest BCUT2D eigenvalue weighted by Crippen LogP contribution is -2.35. The van der Waals surface area contributed by atoms with Crippen LogP contribution in [0.3, 0.4) is 0 Å². The number of sulfonamides is 1. The predicted octanol–water partition coefficient (Wildman–Crippen LogP) is 1.78. The molecule has 1 rings (SSSR count). The van der Waals surface area contributed by atoms with Gasteiger partial charge in [0.1, 0.15) is 6.54 Å². The van der Waals surface area contributed by atoms with Crippen LogP contribution in [0.4, 0.5) is 18.9 Å². The van der Waals surface area contributed by atoms with Crippen molar-refractivity contribution in [2.45, 2.75) is 11.1 Å². The van der Waals surface area contributed by atoms with Crippen molar-refractivity contribution in [3.63, 3.8) is 0 Å². The van der Waals surface area contributed by atoms with Crippen LogP contribution in [0.15, 0.2) is 29.2 Å². The number of non-ortho nitro benzene ring substituents is 1. The van der Waals surface area contributed by atoms with E-state index in [-0.39, 0.29) is 9.99 Å². The molecule has 0 N–H and O–H groups in total. The van der Waals surface area contributed by atoms with Gasteiger partial charge in [0.2, 0.25) is 10.0 Å². The van der Waals surface area contributed by atoms with E-state index >= 15 is 0 Å². The molecule has 0 aliphatic rings. The first kappa shape index (κ1) is 15.4. The van der Waals surface area contributed by atoms with E-state index in [1.54, 1.807) is 0 Å². The first-order valence-electron chi connectivity index (χ1n) is 4.81. The summed E-state index contributed by atoms with van der Waals surface area (Å²) in [7, 11) is -3.54. The van der Waals surface area contributed by atoms with E-state index in [0.717, 1.165) is 31.3 Å². The summed E-state index contributed by atoms with van der Waals surface area (Å²) < 4.78 is 60.0. The number of rotatable bonds is 4. The summed E-state index contributed by atoms with van der Waals surface area (Å²) in [6, 6.07) is 3.60. The van der Waals surface area contributed by atoms with Crippen molar-refractivity contribution in [1.29, 1.82) is 0 Å². The Morgan fingerprint density at radius 1 is 1.26 bits per heavy atom. The molecule has 0 saturated heterocycles. The SMILES string of the molecule is CN(CC(F)(F)F)S(=O)(=O)c1ccc([N+](=O)[O-])cc1. The molecule has 0 aliphatic carbocycles. The maximum atomic E-state index is 12.1. The van der Waals surface area contributed by atoms with Crippen LogP contribution in [0, 0.1) is 10.1 Å². The van der Waals surface area contributed by atoms with Crippen LogP contribution in [0.25, 0.3) is 0 Å². The molecule has 0 heterocycles. The van der Waals surface area contributed by atoms with E-state index in [4.69, 9.17) is 0 Å². The van der Waals surface area contributed by atoms with Gasteiger partial charge in [-0.15, -0.1) is 0 Å². The predicted molar refractivity (Wildman–Crippen MR) is 59.0 cm³/mol. The lowest BCUT2D eigenvalue weighted by molar-refractivity contribution is -0.384. The van der Waals surface area contributed by atoms with Crippen LogP contribution in [0.1, 0.15) is 0 Å². The minimum absolute atomic E-state index is 0.133. The second-order valence-corrected chi connectivity index (χ2v) is 5.67. The van der Waals surface area contributed by atoms with Crippen molar-refractivity contribution >= 4 is 15.7 Å². The standard InChI is InChI=1S/C9H9F3N2O4S/c1-13(6-9(10,11)12)19(17,18)8-4-2-7(3-5-8)14(15)16/h2-5H,6H2,1H3. The zero-order valence-corrected chi connectivity index (χ0v) is 10.4. The lowest BCUT2D eigenvalue weighted by Gasteiger charge is -2.18. The van der Waals surface area contributed by atoms with Crippen molar-refractivity contribution in [2.24, 2.45) is 0 Å². The molecule has 0 fully saturated rings. The summed E-state index contributed by atoms with van der Waals surface area (Å²) in [5, 5.41) is 10.4. The number of alkyl halides is 3. The van der Waals surface area contributed by atoms with Crippen LogP contribution in [0.2, 0.25) is 0 Å². The molecule has 106 valence electrons. The number of halogens is 3. The van der Waals surface area contributed by atoms with Gasteiger partial charge in [-0.3, -0.25) is 10.1 Å². The van der Waals surface area contributed by atoms with Gasteiger partial charge >= 0.3 is 6.18 Å². The zero-order chi connectivity index (χ0) is 14.8. The zero-order valence-electron chi connectivity index (χ0n) is 9.59. The minimum Gasteiger partial charge on any atom is -0.258 e. The number of benzene rings is 1. The van der Waals surface area contributed by atoms with Gasteiger partial charge in [0.25, 0.3) is 5.69 Å². The minimum atomic E-state index is -4.66. The molecule has 0 atom stereocenters. The summed E-state index contributed by atoms with van der Waals surface area (Å²) in [5.41, 5.74) is -0.350. The summed E-state index contributed by atoms with van der Waals surface area (Å²) in [6.07, 6.45) is -4.66. The Morgan fingerprint density at radius 2 is 1.74 bits per heavy atom. The second kappa shape index (κ2) is 5.13. The Kier molecular flexibility index (Phi) is 4.15. The highest BCUT2D eigenvalue weighted by Gasteiger charge is 2.34. The van der Waals surface area contributed by atoms with Crippen molar-refractivity contribution in [3.8, 4) is 0 Å².